The summed E-state index contributed by atoms with van der Waals surface area (Å²) in [6, 6.07) is 0. The Morgan fingerprint density at radius 3 is 0.562 bits per heavy atom. The van der Waals surface area contributed by atoms with Gasteiger partial charge in [-0.1, -0.05) is 419 Å². The Kier molecular flexibility index (Phi) is 78.6. The minimum Gasteiger partial charge on any atom is -0.462 e. The second-order valence-corrected chi connectivity index (χ2v) is 33.8. The topological polar surface area (TPSA) is 237 Å². The molecule has 0 aromatic carbocycles. The molecule has 2 unspecified atom stereocenters. The first-order chi connectivity index (χ1) is 51.2. The molecule has 0 rings (SSSR count). The van der Waals surface area contributed by atoms with Crippen LogP contribution in [0.5, 0.6) is 0 Å². The predicted molar refractivity (Wildman–Crippen MR) is 432 cm³/mol. The molecule has 0 fully saturated rings. The van der Waals surface area contributed by atoms with E-state index in [1.165, 1.54) is 289 Å². The molecule has 0 aliphatic carbocycles. The van der Waals surface area contributed by atoms with Crippen LogP contribution in [-0.2, 0) is 65.4 Å². The number of hydrogen-bond donors (Lipinski definition) is 3. The molecule has 0 amide bonds. The average Bonchev–Trinajstić information content (AvgIpc) is 0.908. The molecule has 0 aromatic rings. The third kappa shape index (κ3) is 79.9. The van der Waals surface area contributed by atoms with E-state index in [2.05, 4.69) is 27.7 Å². The van der Waals surface area contributed by atoms with Crippen molar-refractivity contribution in [1.29, 1.82) is 0 Å². The van der Waals surface area contributed by atoms with Crippen LogP contribution in [0.2, 0.25) is 0 Å². The molecule has 19 heteroatoms. The maximum atomic E-state index is 13.1. The Morgan fingerprint density at radius 1 is 0.229 bits per heavy atom. The van der Waals surface area contributed by atoms with Crippen molar-refractivity contribution in [2.45, 2.75) is 489 Å². The van der Waals surface area contributed by atoms with Gasteiger partial charge in [0, 0.05) is 25.7 Å². The number of carbonyl (C=O) groups is 4. The van der Waals surface area contributed by atoms with Gasteiger partial charge in [-0.25, -0.2) is 9.13 Å². The van der Waals surface area contributed by atoms with Crippen LogP contribution in [0.3, 0.4) is 0 Å². The van der Waals surface area contributed by atoms with E-state index >= 15 is 0 Å². The van der Waals surface area contributed by atoms with E-state index in [4.69, 9.17) is 37.0 Å². The van der Waals surface area contributed by atoms with Crippen molar-refractivity contribution >= 4 is 39.5 Å². The van der Waals surface area contributed by atoms with Crippen molar-refractivity contribution < 1.29 is 80.2 Å². The van der Waals surface area contributed by atoms with Crippen molar-refractivity contribution in [3.63, 3.8) is 0 Å². The van der Waals surface area contributed by atoms with E-state index in [0.717, 1.165) is 103 Å². The summed E-state index contributed by atoms with van der Waals surface area (Å²) in [5.41, 5.74) is 0. The molecule has 17 nitrogen and oxygen atoms in total. The number of ether oxygens (including phenoxy) is 4. The first-order valence-corrected chi connectivity index (χ1v) is 47.8. The van der Waals surface area contributed by atoms with E-state index in [1.54, 1.807) is 0 Å². The van der Waals surface area contributed by atoms with E-state index in [0.29, 0.717) is 25.7 Å². The number of aliphatic hydroxyl groups is 1. The average molecular weight is 1540 g/mol. The summed E-state index contributed by atoms with van der Waals surface area (Å²) >= 11 is 0. The number of rotatable bonds is 87. The minimum absolute atomic E-state index is 0.109. The zero-order chi connectivity index (χ0) is 76.7. The number of phosphoric acid groups is 2. The lowest BCUT2D eigenvalue weighted by molar-refractivity contribution is -0.161. The minimum atomic E-state index is -4.96. The van der Waals surface area contributed by atoms with Crippen LogP contribution in [0, 0.1) is 0 Å². The highest BCUT2D eigenvalue weighted by molar-refractivity contribution is 7.47. The summed E-state index contributed by atoms with van der Waals surface area (Å²) in [5, 5.41) is 10.7. The highest BCUT2D eigenvalue weighted by Gasteiger charge is 2.30. The molecule has 0 heterocycles. The van der Waals surface area contributed by atoms with Gasteiger partial charge in [0.05, 0.1) is 26.4 Å². The zero-order valence-corrected chi connectivity index (χ0v) is 70.5. The molecule has 0 saturated heterocycles. The van der Waals surface area contributed by atoms with Gasteiger partial charge < -0.3 is 33.8 Å². The Labute approximate surface area is 645 Å². The number of hydrogen-bond acceptors (Lipinski definition) is 15. The second-order valence-electron chi connectivity index (χ2n) is 30.9. The Hall–Kier alpha value is -1.94. The fraction of sp³-hybridized carbons (Fsp3) is 0.953. The number of phosphoric ester groups is 2. The molecule has 5 atom stereocenters. The van der Waals surface area contributed by atoms with Crippen molar-refractivity contribution in [3.05, 3.63) is 0 Å². The summed E-state index contributed by atoms with van der Waals surface area (Å²) in [7, 11) is -9.92. The summed E-state index contributed by atoms with van der Waals surface area (Å²) in [4.78, 5) is 73.1. The van der Waals surface area contributed by atoms with Gasteiger partial charge in [-0.2, -0.15) is 0 Å². The van der Waals surface area contributed by atoms with Gasteiger partial charge in [0.1, 0.15) is 19.3 Å². The van der Waals surface area contributed by atoms with E-state index < -0.39 is 97.5 Å². The fourth-order valence-electron chi connectivity index (χ4n) is 13.5. The summed E-state index contributed by atoms with van der Waals surface area (Å²) in [6.45, 7) is 5.01. The van der Waals surface area contributed by atoms with Crippen LogP contribution in [-0.4, -0.2) is 96.7 Å². The molecule has 0 saturated carbocycles. The quantitative estimate of drug-likeness (QED) is 0.0222. The Morgan fingerprint density at radius 2 is 0.381 bits per heavy atom. The molecule has 0 aliphatic heterocycles. The van der Waals surface area contributed by atoms with Crippen molar-refractivity contribution in [2.24, 2.45) is 0 Å². The maximum absolute atomic E-state index is 13.1. The van der Waals surface area contributed by atoms with Crippen LogP contribution in [0.1, 0.15) is 471 Å². The normalized spacial score (nSPS) is 13.7. The number of carbonyl (C=O) groups excluding carboxylic acids is 4. The van der Waals surface area contributed by atoms with Crippen molar-refractivity contribution in [3.8, 4) is 0 Å². The fourth-order valence-corrected chi connectivity index (χ4v) is 15.1. The monoisotopic (exact) mass is 1540 g/mol. The van der Waals surface area contributed by atoms with E-state index in [1.807, 2.05) is 0 Å². The van der Waals surface area contributed by atoms with E-state index in [-0.39, 0.29) is 25.7 Å². The Bertz CT molecular complexity index is 1980. The highest BCUT2D eigenvalue weighted by atomic mass is 31.2. The lowest BCUT2D eigenvalue weighted by atomic mass is 10.0. The molecule has 3 N–H and O–H groups in total. The number of esters is 4. The molecular weight excluding hydrogens is 1370 g/mol. The number of aliphatic hydroxyl groups excluding tert-OH is 1. The second kappa shape index (κ2) is 80.1. The van der Waals surface area contributed by atoms with Gasteiger partial charge in [0.15, 0.2) is 12.2 Å². The molecule has 0 aliphatic rings. The van der Waals surface area contributed by atoms with E-state index in [9.17, 15) is 43.2 Å². The predicted octanol–water partition coefficient (Wildman–Crippen LogP) is 26.5. The SMILES string of the molecule is CCCCCCCCCCCCCCCCCCCCCCCC(=O)O[C@H](COC(=O)CCCCCCCCCCCCCCCCCCCCC)COP(=O)(O)OC[C@@H](O)COP(=O)(O)OC[C@@H](COC(=O)CCCCCCCCC)OC(=O)CCCCCCCCCCCCCCCCCCCC. The molecule has 0 bridgehead atoms. The van der Waals surface area contributed by atoms with Crippen LogP contribution < -0.4 is 0 Å². The first-order valence-electron chi connectivity index (χ1n) is 44.8. The van der Waals surface area contributed by atoms with Gasteiger partial charge in [-0.3, -0.25) is 37.3 Å². The molecule has 105 heavy (non-hydrogen) atoms. The van der Waals surface area contributed by atoms with Gasteiger partial charge in [0.25, 0.3) is 0 Å². The van der Waals surface area contributed by atoms with Crippen molar-refractivity contribution in [1.82, 2.24) is 0 Å². The van der Waals surface area contributed by atoms with Crippen LogP contribution in [0.4, 0.5) is 0 Å². The smallest absolute Gasteiger partial charge is 0.462 e. The summed E-state index contributed by atoms with van der Waals surface area (Å²) in [5.74, 6) is -2.10. The lowest BCUT2D eigenvalue weighted by Gasteiger charge is -2.21. The molecule has 0 spiro atoms. The maximum Gasteiger partial charge on any atom is 0.472 e. The van der Waals surface area contributed by atoms with Crippen LogP contribution >= 0.6 is 15.6 Å². The van der Waals surface area contributed by atoms with Gasteiger partial charge in [0.2, 0.25) is 0 Å². The first kappa shape index (κ1) is 103. The summed E-state index contributed by atoms with van der Waals surface area (Å²) in [6.07, 6.45) is 75.3. The lowest BCUT2D eigenvalue weighted by Crippen LogP contribution is -2.30. The van der Waals surface area contributed by atoms with Gasteiger partial charge in [-0.15, -0.1) is 0 Å². The summed E-state index contributed by atoms with van der Waals surface area (Å²) < 4.78 is 68.8. The molecule has 0 aromatic heterocycles. The molecular formula is C86H168O17P2. The molecule has 624 valence electrons. The van der Waals surface area contributed by atoms with Gasteiger partial charge >= 0.3 is 39.5 Å². The largest absolute Gasteiger partial charge is 0.472 e. The van der Waals surface area contributed by atoms with Crippen LogP contribution in [0.15, 0.2) is 0 Å². The Balaban J connectivity index is 5.15. The molecule has 0 radical (unpaired) electrons. The third-order valence-electron chi connectivity index (χ3n) is 20.4. The highest BCUT2D eigenvalue weighted by Crippen LogP contribution is 2.45. The van der Waals surface area contributed by atoms with Crippen molar-refractivity contribution in [2.75, 3.05) is 39.6 Å². The zero-order valence-electron chi connectivity index (χ0n) is 68.7. The third-order valence-corrected chi connectivity index (χ3v) is 22.3. The standard InChI is InChI=1S/C86H168O17P2/c1-5-9-13-17-21-24-27-30-33-36-39-40-42-45-48-51-54-57-61-65-69-73-86(91)103-82(77-97-84(89)71-67-63-59-55-52-49-46-44-41-37-34-31-28-25-22-18-14-10-6-2)79-101-105(94,95)99-75-80(87)74-98-104(92,93)100-78-81(76-96-83(88)70-66-62-58-20-16-12-8-4)102-85(90)72-68-64-60-56-53-50-47-43-38-35-32-29-26-23-19-15-11-7-3/h80-82,87H,5-79H2,1-4H3,(H,92,93)(H,94,95)/t80-,81+,82+/m0/s1. The van der Waals surface area contributed by atoms with Crippen LogP contribution in [0.25, 0.3) is 0 Å². The number of unbranched alkanes of at least 4 members (excludes halogenated alkanes) is 61. The van der Waals surface area contributed by atoms with Gasteiger partial charge in [-0.05, 0) is 25.7 Å².